The van der Waals surface area contributed by atoms with Crippen molar-refractivity contribution in [3.05, 3.63) is 35.4 Å². The number of aliphatic hydroxyl groups excluding tert-OH is 1. The molecule has 1 aliphatic carbocycles. The lowest BCUT2D eigenvalue weighted by Crippen LogP contribution is -2.59. The van der Waals surface area contributed by atoms with Crippen LogP contribution < -0.4 is 9.47 Å². The van der Waals surface area contributed by atoms with Gasteiger partial charge in [0.25, 0.3) is 0 Å². The van der Waals surface area contributed by atoms with Crippen LogP contribution in [0.2, 0.25) is 0 Å². The van der Waals surface area contributed by atoms with Crippen LogP contribution in [-0.4, -0.2) is 65.5 Å². The molecule has 3 heterocycles. The summed E-state index contributed by atoms with van der Waals surface area (Å²) >= 11 is 0. The van der Waals surface area contributed by atoms with Gasteiger partial charge in [-0.25, -0.2) is 0 Å². The van der Waals surface area contributed by atoms with Crippen molar-refractivity contribution in [1.29, 1.82) is 0 Å². The Morgan fingerprint density at radius 2 is 2.14 bits per heavy atom. The highest BCUT2D eigenvalue weighted by atomic mass is 16.7. The zero-order valence-corrected chi connectivity index (χ0v) is 16.5. The van der Waals surface area contributed by atoms with Gasteiger partial charge >= 0.3 is 5.97 Å². The van der Waals surface area contributed by atoms with Gasteiger partial charge in [0.2, 0.25) is 6.79 Å². The maximum absolute atomic E-state index is 12.0. The first-order chi connectivity index (χ1) is 13.8. The number of aliphatic hydroxyl groups is 2. The molecule has 0 saturated carbocycles. The fourth-order valence-electron chi connectivity index (χ4n) is 5.23. The first kappa shape index (κ1) is 18.9. The number of hydrogen-bond donors (Lipinski definition) is 2. The van der Waals surface area contributed by atoms with Crippen molar-refractivity contribution in [3.63, 3.8) is 0 Å². The molecule has 0 bridgehead atoms. The van der Waals surface area contributed by atoms with E-state index in [4.69, 9.17) is 18.9 Å². The molecule has 0 aromatic heterocycles. The van der Waals surface area contributed by atoms with Crippen molar-refractivity contribution >= 4 is 5.97 Å². The molecule has 0 amide bonds. The first-order valence-electron chi connectivity index (χ1n) is 9.89. The number of fused-ring (bicyclic) bond motifs is 2. The molecule has 1 unspecified atom stereocenters. The number of carbonyl (C=O) groups is 1. The Morgan fingerprint density at radius 3 is 2.90 bits per heavy atom. The summed E-state index contributed by atoms with van der Waals surface area (Å²) in [5.74, 6) is -0.486. The summed E-state index contributed by atoms with van der Waals surface area (Å²) in [6, 6.07) is 3.73. The van der Waals surface area contributed by atoms with E-state index < -0.39 is 29.4 Å². The number of nitrogens with zero attached hydrogens (tertiary/aromatic N) is 1. The molecule has 1 spiro atoms. The second-order valence-electron chi connectivity index (χ2n) is 8.41. The Balaban J connectivity index is 1.55. The minimum atomic E-state index is -1.39. The topological polar surface area (TPSA) is 97.7 Å². The van der Waals surface area contributed by atoms with Crippen molar-refractivity contribution in [3.8, 4) is 11.5 Å². The van der Waals surface area contributed by atoms with E-state index in [1.165, 1.54) is 0 Å². The van der Waals surface area contributed by atoms with E-state index in [-0.39, 0.29) is 25.9 Å². The highest BCUT2D eigenvalue weighted by Crippen LogP contribution is 2.56. The monoisotopic (exact) mass is 403 g/mol. The summed E-state index contributed by atoms with van der Waals surface area (Å²) in [7, 11) is 1.94. The van der Waals surface area contributed by atoms with Crippen LogP contribution in [0.4, 0.5) is 0 Å². The molecule has 1 fully saturated rings. The maximum atomic E-state index is 12.0. The molecule has 8 nitrogen and oxygen atoms in total. The number of ether oxygens (including phenoxy) is 4. The molecular weight excluding hydrogens is 378 g/mol. The Labute approximate surface area is 168 Å². The van der Waals surface area contributed by atoms with E-state index >= 15 is 0 Å². The predicted molar refractivity (Wildman–Crippen MR) is 100 cm³/mol. The summed E-state index contributed by atoms with van der Waals surface area (Å²) in [6.45, 7) is 2.35. The SMILES string of the molecule is CC(O)CC(=O)O[C@@H]1C=C[C@@]23c4cc5c(cc4CO[C@]2(O)CN(C)[C@H]3C1)OCO5. The molecule has 5 rings (SSSR count). The average Bonchev–Trinajstić information content (AvgIpc) is 3.19. The normalized spacial score (nSPS) is 35.6. The third kappa shape index (κ3) is 2.70. The molecule has 8 heteroatoms. The smallest absolute Gasteiger partial charge is 0.308 e. The Morgan fingerprint density at radius 1 is 1.38 bits per heavy atom. The lowest BCUT2D eigenvalue weighted by Gasteiger charge is -2.49. The van der Waals surface area contributed by atoms with Gasteiger partial charge in [-0.3, -0.25) is 9.69 Å². The van der Waals surface area contributed by atoms with Gasteiger partial charge in [0.15, 0.2) is 17.3 Å². The molecule has 0 radical (unpaired) electrons. The van der Waals surface area contributed by atoms with Crippen LogP contribution in [0.3, 0.4) is 0 Å². The van der Waals surface area contributed by atoms with Crippen molar-refractivity contribution < 1.29 is 34.0 Å². The molecule has 1 saturated heterocycles. The Hall–Kier alpha value is -2.13. The quantitative estimate of drug-likeness (QED) is 0.566. The van der Waals surface area contributed by atoms with Crippen molar-refractivity contribution in [2.24, 2.45) is 0 Å². The van der Waals surface area contributed by atoms with Crippen LogP contribution in [0.15, 0.2) is 24.3 Å². The summed E-state index contributed by atoms with van der Waals surface area (Å²) in [6.07, 6.45) is 3.03. The Kier molecular flexibility index (Phi) is 4.19. The molecular formula is C21H25NO7. The minimum absolute atomic E-state index is 0.0463. The van der Waals surface area contributed by atoms with Gasteiger partial charge in [0.1, 0.15) is 6.10 Å². The minimum Gasteiger partial charge on any atom is -0.458 e. The molecule has 4 aliphatic rings. The maximum Gasteiger partial charge on any atom is 0.308 e. The number of rotatable bonds is 3. The highest BCUT2D eigenvalue weighted by molar-refractivity contribution is 5.70. The van der Waals surface area contributed by atoms with Crippen LogP contribution in [0, 0.1) is 0 Å². The van der Waals surface area contributed by atoms with Gasteiger partial charge in [0.05, 0.1) is 31.1 Å². The predicted octanol–water partition coefficient (Wildman–Crippen LogP) is 0.829. The number of esters is 1. The molecule has 5 atom stereocenters. The standard InChI is InChI=1S/C21H25NO7/c1-12(23)5-19(24)29-14-3-4-20-15-8-17-16(26-11-27-17)6-13(15)9-28-21(20,25)10-22(2)18(20)7-14/h3-4,6,8,12,14,18,23,25H,5,7,9-11H2,1-2H3/t12?,14-,18+,20+,21-/m1/s1. The third-order valence-electron chi connectivity index (χ3n) is 6.45. The van der Waals surface area contributed by atoms with Gasteiger partial charge in [-0.15, -0.1) is 0 Å². The largest absolute Gasteiger partial charge is 0.458 e. The summed E-state index contributed by atoms with van der Waals surface area (Å²) in [5, 5.41) is 20.9. The lowest BCUT2D eigenvalue weighted by atomic mass is 9.64. The van der Waals surface area contributed by atoms with Crippen LogP contribution >= 0.6 is 0 Å². The molecule has 1 aromatic carbocycles. The first-order valence-corrected chi connectivity index (χ1v) is 9.89. The molecule has 1 aromatic rings. The van der Waals surface area contributed by atoms with Crippen LogP contribution in [0.1, 0.15) is 30.9 Å². The molecule has 156 valence electrons. The number of carbonyl (C=O) groups excluding carboxylic acids is 1. The second-order valence-corrected chi connectivity index (χ2v) is 8.41. The number of benzene rings is 1. The lowest BCUT2D eigenvalue weighted by molar-refractivity contribution is -0.236. The van der Waals surface area contributed by atoms with E-state index in [0.717, 1.165) is 11.1 Å². The highest BCUT2D eigenvalue weighted by Gasteiger charge is 2.66. The van der Waals surface area contributed by atoms with Gasteiger partial charge in [-0.05, 0) is 43.3 Å². The van der Waals surface area contributed by atoms with E-state index in [9.17, 15) is 15.0 Å². The fraction of sp³-hybridized carbons (Fsp3) is 0.571. The van der Waals surface area contributed by atoms with Crippen LogP contribution in [0.5, 0.6) is 11.5 Å². The molecule has 2 N–H and O–H groups in total. The van der Waals surface area contributed by atoms with Gasteiger partial charge in [0, 0.05) is 12.5 Å². The molecule has 3 aliphatic heterocycles. The van der Waals surface area contributed by atoms with E-state index in [0.29, 0.717) is 24.5 Å². The zero-order valence-electron chi connectivity index (χ0n) is 16.5. The van der Waals surface area contributed by atoms with Crippen molar-refractivity contribution in [2.45, 2.75) is 55.8 Å². The van der Waals surface area contributed by atoms with E-state index in [1.807, 2.05) is 31.3 Å². The van der Waals surface area contributed by atoms with Crippen molar-refractivity contribution in [2.75, 3.05) is 20.4 Å². The summed E-state index contributed by atoms with van der Waals surface area (Å²) in [5.41, 5.74) is 1.10. The Bertz CT molecular complexity index is 884. The van der Waals surface area contributed by atoms with Crippen LogP contribution in [0.25, 0.3) is 0 Å². The number of hydrogen-bond acceptors (Lipinski definition) is 8. The number of β-amino-alcohol motifs (C(OH)–C–C–N with tert-alkyl or cyclic N) is 1. The van der Waals surface area contributed by atoms with Gasteiger partial charge in [-0.1, -0.05) is 6.08 Å². The summed E-state index contributed by atoms with van der Waals surface area (Å²) in [4.78, 5) is 14.1. The average molecular weight is 403 g/mol. The number of likely N-dealkylation sites (N-methyl/N-ethyl adjacent to an activating group) is 1. The van der Waals surface area contributed by atoms with Gasteiger partial charge in [-0.2, -0.15) is 0 Å². The zero-order chi connectivity index (χ0) is 20.4. The fourth-order valence-corrected chi connectivity index (χ4v) is 5.23. The van der Waals surface area contributed by atoms with E-state index in [2.05, 4.69) is 4.90 Å². The molecule has 29 heavy (non-hydrogen) atoms. The number of likely N-dealkylation sites (tertiary alicyclic amines) is 1. The second kappa shape index (κ2) is 6.43. The van der Waals surface area contributed by atoms with Gasteiger partial charge < -0.3 is 29.2 Å². The third-order valence-corrected chi connectivity index (χ3v) is 6.45. The summed E-state index contributed by atoms with van der Waals surface area (Å²) < 4.78 is 22.6. The van der Waals surface area contributed by atoms with E-state index in [1.54, 1.807) is 6.92 Å². The van der Waals surface area contributed by atoms with Crippen LogP contribution in [-0.2, 0) is 26.3 Å². The van der Waals surface area contributed by atoms with Crippen molar-refractivity contribution in [1.82, 2.24) is 4.90 Å².